The molecule has 2 aromatic rings. The van der Waals surface area contributed by atoms with E-state index >= 15 is 0 Å². The molecule has 0 saturated carbocycles. The van der Waals surface area contributed by atoms with Gasteiger partial charge in [0.2, 0.25) is 0 Å². The summed E-state index contributed by atoms with van der Waals surface area (Å²) in [6.45, 7) is 0. The van der Waals surface area contributed by atoms with Crippen LogP contribution < -0.4 is 10.1 Å². The summed E-state index contributed by atoms with van der Waals surface area (Å²) in [5.41, 5.74) is 0.675. The van der Waals surface area contributed by atoms with E-state index in [1.54, 1.807) is 18.2 Å². The number of rotatable bonds is 5. The number of carbonyl (C=O) groups is 2. The number of halogens is 5. The van der Waals surface area contributed by atoms with E-state index in [0.29, 0.717) is 16.7 Å². The summed E-state index contributed by atoms with van der Waals surface area (Å²) in [4.78, 5) is 27.4. The van der Waals surface area contributed by atoms with Gasteiger partial charge < -0.3 is 19.8 Å². The first-order valence-corrected chi connectivity index (χ1v) is 8.96. The highest BCUT2D eigenvalue weighted by molar-refractivity contribution is 6.62. The van der Waals surface area contributed by atoms with Gasteiger partial charge in [0, 0.05) is 11.5 Å². The fraction of sp³-hybridized carbons (Fsp3) is 0.125. The molecular formula is C16H11Cl5N2O4. The number of aromatic amines is 1. The molecule has 0 fully saturated rings. The molecule has 0 bridgehead atoms. The zero-order chi connectivity index (χ0) is 20.3. The van der Waals surface area contributed by atoms with E-state index in [1.165, 1.54) is 14.2 Å². The lowest BCUT2D eigenvalue weighted by Crippen LogP contribution is -2.15. The van der Waals surface area contributed by atoms with Crippen LogP contribution in [-0.4, -0.2) is 31.1 Å². The van der Waals surface area contributed by atoms with Crippen LogP contribution >= 0.6 is 58.0 Å². The van der Waals surface area contributed by atoms with Gasteiger partial charge >= 0.3 is 5.97 Å². The number of benzene rings is 1. The molecule has 1 aromatic heterocycles. The van der Waals surface area contributed by atoms with E-state index in [1.807, 2.05) is 0 Å². The van der Waals surface area contributed by atoms with Gasteiger partial charge in [0.25, 0.3) is 5.91 Å². The minimum absolute atomic E-state index is 0.00621. The smallest absolute Gasteiger partial charge is 0.356 e. The number of fused-ring (bicyclic) bond motifs is 1. The van der Waals surface area contributed by atoms with Crippen molar-refractivity contribution in [3.05, 3.63) is 43.5 Å². The number of hydrogen-bond donors (Lipinski definition) is 2. The molecular weight excluding hydrogens is 461 g/mol. The molecule has 6 nitrogen and oxygen atoms in total. The third-order valence-corrected chi connectivity index (χ3v) is 5.27. The largest absolute Gasteiger partial charge is 0.497 e. The van der Waals surface area contributed by atoms with Crippen molar-refractivity contribution in [2.45, 2.75) is 0 Å². The molecule has 0 radical (unpaired) electrons. The molecule has 27 heavy (non-hydrogen) atoms. The standard InChI is InChI=1S/C16H11Cl5N2O4/c1-26-6-3-4-7-8(5-6)22-13(16(25)27-2)12(7)23-15(24)11(19)9(17)10(18)14(20)21/h3-5,22H,1-2H3,(H,23,24)/b11-9+. The zero-order valence-electron chi connectivity index (χ0n) is 13.8. The second kappa shape index (κ2) is 9.08. The number of aromatic nitrogens is 1. The van der Waals surface area contributed by atoms with Gasteiger partial charge in [0.15, 0.2) is 0 Å². The minimum Gasteiger partial charge on any atom is -0.497 e. The van der Waals surface area contributed by atoms with E-state index in [2.05, 4.69) is 10.3 Å². The predicted octanol–water partition coefficient (Wildman–Crippen LogP) is 5.48. The topological polar surface area (TPSA) is 80.4 Å². The summed E-state index contributed by atoms with van der Waals surface area (Å²) in [5, 5.41) is 1.91. The van der Waals surface area contributed by atoms with Crippen molar-refractivity contribution < 1.29 is 19.1 Å². The van der Waals surface area contributed by atoms with Crippen molar-refractivity contribution in [2.75, 3.05) is 19.5 Å². The van der Waals surface area contributed by atoms with Gasteiger partial charge in [-0.1, -0.05) is 58.0 Å². The normalized spacial score (nSPS) is 11.7. The Kier molecular flexibility index (Phi) is 7.31. The van der Waals surface area contributed by atoms with Crippen molar-refractivity contribution in [1.82, 2.24) is 4.98 Å². The Morgan fingerprint density at radius 3 is 2.22 bits per heavy atom. The summed E-state index contributed by atoms with van der Waals surface area (Å²) >= 11 is 28.7. The van der Waals surface area contributed by atoms with Crippen molar-refractivity contribution in [3.63, 3.8) is 0 Å². The molecule has 1 heterocycles. The number of methoxy groups -OCH3 is 2. The highest BCUT2D eigenvalue weighted by Gasteiger charge is 2.23. The Hall–Kier alpha value is -1.57. The van der Waals surface area contributed by atoms with Crippen LogP contribution in [0, 0.1) is 0 Å². The lowest BCUT2D eigenvalue weighted by atomic mass is 10.2. The van der Waals surface area contributed by atoms with Crippen molar-refractivity contribution >= 4 is 86.5 Å². The Bertz CT molecular complexity index is 977. The van der Waals surface area contributed by atoms with E-state index in [0.717, 1.165) is 0 Å². The number of H-pyrrole nitrogens is 1. The van der Waals surface area contributed by atoms with E-state index < -0.39 is 16.9 Å². The van der Waals surface area contributed by atoms with Crippen LogP contribution in [0.25, 0.3) is 10.9 Å². The Morgan fingerprint density at radius 2 is 1.67 bits per heavy atom. The number of allylic oxidation sites excluding steroid dienone is 2. The monoisotopic (exact) mass is 470 g/mol. The molecule has 11 heteroatoms. The van der Waals surface area contributed by atoms with Gasteiger partial charge in [-0.2, -0.15) is 0 Å². The van der Waals surface area contributed by atoms with E-state index in [9.17, 15) is 9.59 Å². The number of hydrogen-bond acceptors (Lipinski definition) is 4. The summed E-state index contributed by atoms with van der Waals surface area (Å²) in [6.07, 6.45) is 0. The average molecular weight is 473 g/mol. The van der Waals surface area contributed by atoms with Crippen LogP contribution in [0.15, 0.2) is 37.8 Å². The maximum atomic E-state index is 12.5. The van der Waals surface area contributed by atoms with Crippen molar-refractivity contribution in [3.8, 4) is 5.75 Å². The van der Waals surface area contributed by atoms with Crippen LogP contribution in [0.1, 0.15) is 10.5 Å². The molecule has 0 aliphatic heterocycles. The summed E-state index contributed by atoms with van der Waals surface area (Å²) in [7, 11) is 2.71. The fourth-order valence-electron chi connectivity index (χ4n) is 2.14. The molecule has 0 saturated heterocycles. The number of carbonyl (C=O) groups excluding carboxylic acids is 2. The Morgan fingerprint density at radius 1 is 1.00 bits per heavy atom. The number of ether oxygens (including phenoxy) is 2. The third-order valence-electron chi connectivity index (χ3n) is 3.38. The molecule has 0 unspecified atom stereocenters. The Balaban J connectivity index is 2.54. The van der Waals surface area contributed by atoms with Gasteiger partial charge in [-0.3, -0.25) is 4.79 Å². The zero-order valence-corrected chi connectivity index (χ0v) is 17.5. The SMILES string of the molecule is COC(=O)c1[nH]c2cc(OC)ccc2c1NC(=O)/C(Cl)=C(\Cl)C(Cl)=C(Cl)Cl. The second-order valence-corrected chi connectivity index (χ2v) is 7.02. The van der Waals surface area contributed by atoms with Gasteiger partial charge in [-0.05, 0) is 12.1 Å². The van der Waals surface area contributed by atoms with Gasteiger partial charge in [-0.25, -0.2) is 4.79 Å². The minimum atomic E-state index is -0.837. The quantitative estimate of drug-likeness (QED) is 0.343. The first-order chi connectivity index (χ1) is 12.7. The molecule has 0 aliphatic rings. The van der Waals surface area contributed by atoms with Gasteiger partial charge in [-0.15, -0.1) is 0 Å². The molecule has 0 atom stereocenters. The first-order valence-electron chi connectivity index (χ1n) is 7.07. The number of esters is 1. The van der Waals surface area contributed by atoms with Gasteiger partial charge in [0.05, 0.1) is 35.5 Å². The van der Waals surface area contributed by atoms with Crippen LogP contribution in [0.4, 0.5) is 5.69 Å². The number of amides is 1. The second-order valence-electron chi connectivity index (χ2n) is 4.93. The highest BCUT2D eigenvalue weighted by atomic mass is 35.5. The maximum absolute atomic E-state index is 12.5. The van der Waals surface area contributed by atoms with Crippen molar-refractivity contribution in [2.24, 2.45) is 0 Å². The van der Waals surface area contributed by atoms with E-state index in [4.69, 9.17) is 67.5 Å². The molecule has 1 amide bonds. The van der Waals surface area contributed by atoms with Crippen LogP contribution in [0.5, 0.6) is 5.75 Å². The predicted molar refractivity (Wildman–Crippen MR) is 108 cm³/mol. The molecule has 0 spiro atoms. The van der Waals surface area contributed by atoms with E-state index in [-0.39, 0.29) is 25.9 Å². The Labute approximate surface area is 178 Å². The van der Waals surface area contributed by atoms with Crippen LogP contribution in [-0.2, 0) is 9.53 Å². The lowest BCUT2D eigenvalue weighted by Gasteiger charge is -2.08. The number of nitrogens with one attached hydrogen (secondary N) is 2. The summed E-state index contributed by atoms with van der Waals surface area (Å²) in [6, 6.07) is 4.95. The first kappa shape index (κ1) is 21.7. The maximum Gasteiger partial charge on any atom is 0.356 e. The lowest BCUT2D eigenvalue weighted by molar-refractivity contribution is -0.112. The van der Waals surface area contributed by atoms with Crippen LogP contribution in [0.2, 0.25) is 0 Å². The number of anilines is 1. The molecule has 2 N–H and O–H groups in total. The summed E-state index contributed by atoms with van der Waals surface area (Å²) < 4.78 is 9.52. The highest BCUT2D eigenvalue weighted by Crippen LogP contribution is 2.34. The molecule has 0 aliphatic carbocycles. The molecule has 1 aromatic carbocycles. The van der Waals surface area contributed by atoms with Crippen molar-refractivity contribution in [1.29, 1.82) is 0 Å². The van der Waals surface area contributed by atoms with Crippen LogP contribution in [0.3, 0.4) is 0 Å². The average Bonchev–Trinajstić information content (AvgIpc) is 3.02. The third kappa shape index (κ3) is 4.65. The molecule has 2 rings (SSSR count). The van der Waals surface area contributed by atoms with Gasteiger partial charge in [0.1, 0.15) is 21.0 Å². The molecule has 144 valence electrons. The fourth-order valence-corrected chi connectivity index (χ4v) is 2.89. The summed E-state index contributed by atoms with van der Waals surface area (Å²) in [5.74, 6) is -0.989.